The molecule has 2 aromatic rings. The fourth-order valence-electron chi connectivity index (χ4n) is 2.06. The van der Waals surface area contributed by atoms with Gasteiger partial charge in [0.1, 0.15) is 6.07 Å². The molecule has 2 aromatic carbocycles. The first-order valence-electron chi connectivity index (χ1n) is 6.74. The van der Waals surface area contributed by atoms with Crippen LogP contribution >= 0.6 is 0 Å². The van der Waals surface area contributed by atoms with Crippen molar-refractivity contribution in [3.05, 3.63) is 65.7 Å². The zero-order chi connectivity index (χ0) is 15.2. The second-order valence-corrected chi connectivity index (χ2v) is 4.87. The Balaban J connectivity index is 2.12. The molecule has 0 aliphatic heterocycles. The quantitative estimate of drug-likeness (QED) is 0.903. The third kappa shape index (κ3) is 3.47. The van der Waals surface area contributed by atoms with Crippen LogP contribution in [0.2, 0.25) is 0 Å². The summed E-state index contributed by atoms with van der Waals surface area (Å²) in [4.78, 5) is 12.3. The molecule has 0 heterocycles. The van der Waals surface area contributed by atoms with E-state index < -0.39 is 5.92 Å². The molecule has 21 heavy (non-hydrogen) atoms. The van der Waals surface area contributed by atoms with E-state index in [-0.39, 0.29) is 11.9 Å². The predicted octanol–water partition coefficient (Wildman–Crippen LogP) is 2.83. The maximum Gasteiger partial charge on any atom is 0.229 e. The summed E-state index contributed by atoms with van der Waals surface area (Å²) >= 11 is 0. The Morgan fingerprint density at radius 2 is 1.76 bits per heavy atom. The van der Waals surface area contributed by atoms with E-state index in [2.05, 4.69) is 11.4 Å². The van der Waals surface area contributed by atoms with Crippen LogP contribution in [0.25, 0.3) is 0 Å². The van der Waals surface area contributed by atoms with Gasteiger partial charge in [-0.05, 0) is 17.7 Å². The van der Waals surface area contributed by atoms with Crippen LogP contribution in [-0.4, -0.2) is 5.91 Å². The van der Waals surface area contributed by atoms with Gasteiger partial charge in [-0.2, -0.15) is 5.26 Å². The molecule has 2 rings (SSSR count). The lowest BCUT2D eigenvalue weighted by Gasteiger charge is -2.20. The van der Waals surface area contributed by atoms with Crippen LogP contribution < -0.4 is 11.1 Å². The number of nitrogens with zero attached hydrogens (tertiary/aromatic N) is 1. The number of nitrogens with two attached hydrogens (primary N) is 1. The van der Waals surface area contributed by atoms with Gasteiger partial charge in [-0.15, -0.1) is 0 Å². The Kier molecular flexibility index (Phi) is 4.70. The predicted molar refractivity (Wildman–Crippen MR) is 82.3 cm³/mol. The van der Waals surface area contributed by atoms with Crippen molar-refractivity contribution in [2.24, 2.45) is 11.7 Å². The molecule has 0 fully saturated rings. The van der Waals surface area contributed by atoms with Crippen molar-refractivity contribution < 1.29 is 4.79 Å². The summed E-state index contributed by atoms with van der Waals surface area (Å²) in [5, 5.41) is 11.8. The van der Waals surface area contributed by atoms with Gasteiger partial charge >= 0.3 is 0 Å². The number of nitriles is 1. The maximum absolute atomic E-state index is 12.3. The molecule has 0 saturated heterocycles. The van der Waals surface area contributed by atoms with E-state index in [0.717, 1.165) is 5.56 Å². The standard InChI is InChI=1S/C17H17N3O/c1-12(16(19)13-7-3-2-4-8-13)17(21)20-15-10-6-5-9-14(15)11-18/h2-10,12,16H,19H2,1H3,(H,20,21). The molecule has 0 bridgehead atoms. The summed E-state index contributed by atoms with van der Waals surface area (Å²) in [6.45, 7) is 1.78. The van der Waals surface area contributed by atoms with E-state index in [0.29, 0.717) is 11.3 Å². The van der Waals surface area contributed by atoms with E-state index in [1.807, 2.05) is 30.3 Å². The molecule has 3 N–H and O–H groups in total. The molecule has 106 valence electrons. The average Bonchev–Trinajstić information content (AvgIpc) is 2.54. The summed E-state index contributed by atoms with van der Waals surface area (Å²) in [7, 11) is 0. The van der Waals surface area contributed by atoms with Gasteiger partial charge in [0.15, 0.2) is 0 Å². The number of para-hydroxylation sites is 1. The minimum atomic E-state index is -0.404. The molecule has 1 amide bonds. The molecule has 4 heteroatoms. The molecular formula is C17H17N3O. The molecule has 4 nitrogen and oxygen atoms in total. The summed E-state index contributed by atoms with van der Waals surface area (Å²) in [5.41, 5.74) is 8.00. The van der Waals surface area contributed by atoms with Crippen LogP contribution in [0.4, 0.5) is 5.69 Å². The van der Waals surface area contributed by atoms with Crippen LogP contribution in [0, 0.1) is 17.2 Å². The Morgan fingerprint density at radius 3 is 2.43 bits per heavy atom. The molecular weight excluding hydrogens is 262 g/mol. The number of rotatable bonds is 4. The van der Waals surface area contributed by atoms with E-state index >= 15 is 0 Å². The number of anilines is 1. The fourth-order valence-corrected chi connectivity index (χ4v) is 2.06. The number of hydrogen-bond acceptors (Lipinski definition) is 3. The molecule has 0 spiro atoms. The minimum Gasteiger partial charge on any atom is -0.325 e. The Bertz CT molecular complexity index is 661. The fraction of sp³-hybridized carbons (Fsp3) is 0.176. The van der Waals surface area contributed by atoms with Crippen molar-refractivity contribution in [3.8, 4) is 6.07 Å². The highest BCUT2D eigenvalue weighted by atomic mass is 16.1. The Labute approximate surface area is 124 Å². The van der Waals surface area contributed by atoms with E-state index in [1.165, 1.54) is 0 Å². The largest absolute Gasteiger partial charge is 0.325 e. The van der Waals surface area contributed by atoms with Gasteiger partial charge in [0.25, 0.3) is 0 Å². The second kappa shape index (κ2) is 6.69. The number of carbonyl (C=O) groups excluding carboxylic acids is 1. The third-order valence-corrected chi connectivity index (χ3v) is 3.44. The number of hydrogen-bond donors (Lipinski definition) is 2. The molecule has 2 unspecified atom stereocenters. The lowest BCUT2D eigenvalue weighted by Crippen LogP contribution is -2.30. The average molecular weight is 279 g/mol. The van der Waals surface area contributed by atoms with Crippen LogP contribution in [0.5, 0.6) is 0 Å². The monoisotopic (exact) mass is 279 g/mol. The van der Waals surface area contributed by atoms with E-state index in [4.69, 9.17) is 11.0 Å². The van der Waals surface area contributed by atoms with Crippen LogP contribution in [-0.2, 0) is 4.79 Å². The van der Waals surface area contributed by atoms with Crippen molar-refractivity contribution in [2.45, 2.75) is 13.0 Å². The lowest BCUT2D eigenvalue weighted by atomic mass is 9.94. The highest BCUT2D eigenvalue weighted by Crippen LogP contribution is 2.21. The first kappa shape index (κ1) is 14.8. The maximum atomic E-state index is 12.3. The number of amides is 1. The summed E-state index contributed by atoms with van der Waals surface area (Å²) in [5.74, 6) is -0.604. The van der Waals surface area contributed by atoms with Crippen molar-refractivity contribution in [1.29, 1.82) is 5.26 Å². The Morgan fingerprint density at radius 1 is 1.14 bits per heavy atom. The number of carbonyl (C=O) groups is 1. The van der Waals surface area contributed by atoms with Crippen LogP contribution in [0.15, 0.2) is 54.6 Å². The highest BCUT2D eigenvalue weighted by molar-refractivity contribution is 5.94. The summed E-state index contributed by atoms with van der Waals surface area (Å²) in [6, 6.07) is 18.1. The van der Waals surface area contributed by atoms with Gasteiger partial charge in [0, 0.05) is 6.04 Å². The van der Waals surface area contributed by atoms with E-state index in [1.54, 1.807) is 31.2 Å². The second-order valence-electron chi connectivity index (χ2n) is 4.87. The highest BCUT2D eigenvalue weighted by Gasteiger charge is 2.22. The molecule has 2 atom stereocenters. The molecule has 0 aromatic heterocycles. The van der Waals surface area contributed by atoms with Gasteiger partial charge in [-0.25, -0.2) is 0 Å². The minimum absolute atomic E-state index is 0.200. The van der Waals surface area contributed by atoms with E-state index in [9.17, 15) is 4.79 Å². The smallest absolute Gasteiger partial charge is 0.229 e. The molecule has 0 aliphatic rings. The molecule has 0 aliphatic carbocycles. The van der Waals surface area contributed by atoms with Crippen LogP contribution in [0.1, 0.15) is 24.1 Å². The van der Waals surface area contributed by atoms with Gasteiger partial charge in [-0.3, -0.25) is 4.79 Å². The van der Waals surface area contributed by atoms with Crippen LogP contribution in [0.3, 0.4) is 0 Å². The summed E-state index contributed by atoms with van der Waals surface area (Å²) in [6.07, 6.45) is 0. The van der Waals surface area contributed by atoms with Gasteiger partial charge in [0.2, 0.25) is 5.91 Å². The zero-order valence-corrected chi connectivity index (χ0v) is 11.8. The summed E-state index contributed by atoms with van der Waals surface area (Å²) < 4.78 is 0. The van der Waals surface area contributed by atoms with Crippen molar-refractivity contribution >= 4 is 11.6 Å². The topological polar surface area (TPSA) is 78.9 Å². The van der Waals surface area contributed by atoms with Gasteiger partial charge in [0.05, 0.1) is 17.2 Å². The SMILES string of the molecule is CC(C(=O)Nc1ccccc1C#N)C(N)c1ccccc1. The normalized spacial score (nSPS) is 13.0. The van der Waals surface area contributed by atoms with Gasteiger partial charge < -0.3 is 11.1 Å². The van der Waals surface area contributed by atoms with Crippen molar-refractivity contribution in [2.75, 3.05) is 5.32 Å². The number of benzene rings is 2. The molecule has 0 radical (unpaired) electrons. The zero-order valence-electron chi connectivity index (χ0n) is 11.8. The number of nitrogens with one attached hydrogen (secondary N) is 1. The molecule has 0 saturated carbocycles. The Hall–Kier alpha value is -2.64. The van der Waals surface area contributed by atoms with Crippen molar-refractivity contribution in [1.82, 2.24) is 0 Å². The van der Waals surface area contributed by atoms with Gasteiger partial charge in [-0.1, -0.05) is 49.4 Å². The lowest BCUT2D eigenvalue weighted by molar-refractivity contribution is -0.120. The first-order chi connectivity index (χ1) is 10.1. The first-order valence-corrected chi connectivity index (χ1v) is 6.74. The van der Waals surface area contributed by atoms with Crippen molar-refractivity contribution in [3.63, 3.8) is 0 Å². The third-order valence-electron chi connectivity index (χ3n) is 3.44.